The fourth-order valence-corrected chi connectivity index (χ4v) is 4.75. The predicted octanol–water partition coefficient (Wildman–Crippen LogP) is 2.28. The Kier molecular flexibility index (Phi) is 4.41. The van der Waals surface area contributed by atoms with Crippen molar-refractivity contribution >= 4 is 16.9 Å². The SMILES string of the molecule is CC[C@@]1(O)C(=O)OCc2c1cc1n(c2=O)Cc2c-1nc1cc(F)c(OC)cc1c2[C@@H](C)O. The van der Waals surface area contributed by atoms with Crippen LogP contribution in [0.1, 0.15) is 48.6 Å². The average molecular weight is 440 g/mol. The molecule has 0 spiro atoms. The third-order valence-electron chi connectivity index (χ3n) is 6.42. The molecule has 3 aromatic rings. The number of pyridine rings is 2. The molecule has 0 radical (unpaired) electrons. The number of ether oxygens (including phenoxy) is 2. The van der Waals surface area contributed by atoms with Crippen molar-refractivity contribution in [3.8, 4) is 17.1 Å². The van der Waals surface area contributed by atoms with Gasteiger partial charge in [0, 0.05) is 22.6 Å². The summed E-state index contributed by atoms with van der Waals surface area (Å²) in [6.45, 7) is 3.12. The van der Waals surface area contributed by atoms with Gasteiger partial charge in [0.1, 0.15) is 6.61 Å². The molecule has 0 bridgehead atoms. The summed E-state index contributed by atoms with van der Waals surface area (Å²) in [6.07, 6.45) is -0.898. The van der Waals surface area contributed by atoms with E-state index in [9.17, 15) is 24.2 Å². The highest BCUT2D eigenvalue weighted by Gasteiger charge is 2.45. The van der Waals surface area contributed by atoms with Crippen LogP contribution < -0.4 is 10.3 Å². The molecule has 8 nitrogen and oxygen atoms in total. The molecule has 2 N–H and O–H groups in total. The van der Waals surface area contributed by atoms with E-state index in [0.29, 0.717) is 33.4 Å². The van der Waals surface area contributed by atoms with E-state index in [1.54, 1.807) is 19.9 Å². The summed E-state index contributed by atoms with van der Waals surface area (Å²) >= 11 is 0. The van der Waals surface area contributed by atoms with Gasteiger partial charge in [0.05, 0.1) is 42.2 Å². The fraction of sp³-hybridized carbons (Fsp3) is 0.348. The van der Waals surface area contributed by atoms with E-state index in [4.69, 9.17) is 9.47 Å². The number of aromatic nitrogens is 2. The van der Waals surface area contributed by atoms with E-state index in [-0.39, 0.29) is 36.4 Å². The van der Waals surface area contributed by atoms with Crippen molar-refractivity contribution in [3.05, 3.63) is 56.6 Å². The van der Waals surface area contributed by atoms with E-state index in [1.807, 2.05) is 0 Å². The molecule has 166 valence electrons. The van der Waals surface area contributed by atoms with Gasteiger partial charge in [-0.05, 0) is 31.0 Å². The van der Waals surface area contributed by atoms with E-state index >= 15 is 0 Å². The topological polar surface area (TPSA) is 111 Å². The highest BCUT2D eigenvalue weighted by atomic mass is 19.1. The van der Waals surface area contributed by atoms with Gasteiger partial charge in [0.25, 0.3) is 5.56 Å². The molecule has 0 saturated heterocycles. The highest BCUT2D eigenvalue weighted by Crippen LogP contribution is 2.42. The Morgan fingerprint density at radius 2 is 2.06 bits per heavy atom. The van der Waals surface area contributed by atoms with Crippen LogP contribution in [0.2, 0.25) is 0 Å². The van der Waals surface area contributed by atoms with Crippen molar-refractivity contribution in [3.63, 3.8) is 0 Å². The summed E-state index contributed by atoms with van der Waals surface area (Å²) < 4.78 is 26.1. The Labute approximate surface area is 181 Å². The summed E-state index contributed by atoms with van der Waals surface area (Å²) in [5.41, 5.74) is 0.286. The molecule has 1 aromatic carbocycles. The van der Waals surface area contributed by atoms with E-state index in [2.05, 4.69) is 4.98 Å². The fourth-order valence-electron chi connectivity index (χ4n) is 4.75. The van der Waals surface area contributed by atoms with Crippen LogP contribution in [-0.4, -0.2) is 32.8 Å². The number of hydrogen-bond acceptors (Lipinski definition) is 7. The second-order valence-electron chi connectivity index (χ2n) is 8.14. The lowest BCUT2D eigenvalue weighted by atomic mass is 9.86. The van der Waals surface area contributed by atoms with Crippen molar-refractivity contribution in [1.29, 1.82) is 0 Å². The number of benzene rings is 1. The Morgan fingerprint density at radius 1 is 1.31 bits per heavy atom. The molecule has 0 fully saturated rings. The van der Waals surface area contributed by atoms with Crippen LogP contribution in [0.4, 0.5) is 4.39 Å². The maximum Gasteiger partial charge on any atom is 0.343 e. The highest BCUT2D eigenvalue weighted by molar-refractivity contribution is 5.90. The van der Waals surface area contributed by atoms with Gasteiger partial charge >= 0.3 is 5.97 Å². The Bertz CT molecular complexity index is 1380. The molecule has 2 aliphatic heterocycles. The van der Waals surface area contributed by atoms with Crippen molar-refractivity contribution in [2.75, 3.05) is 7.11 Å². The number of hydrogen-bond donors (Lipinski definition) is 2. The molecule has 2 aliphatic rings. The van der Waals surface area contributed by atoms with E-state index in [0.717, 1.165) is 0 Å². The number of nitrogens with zero attached hydrogens (tertiary/aromatic N) is 2. The Balaban J connectivity index is 1.85. The number of halogens is 1. The number of aliphatic hydroxyl groups is 2. The van der Waals surface area contributed by atoms with Gasteiger partial charge in [-0.25, -0.2) is 14.2 Å². The molecular weight excluding hydrogens is 419 g/mol. The monoisotopic (exact) mass is 440 g/mol. The molecule has 0 aliphatic carbocycles. The number of aliphatic hydroxyl groups excluding tert-OH is 1. The van der Waals surface area contributed by atoms with Crippen LogP contribution in [0.25, 0.3) is 22.3 Å². The lowest BCUT2D eigenvalue weighted by Gasteiger charge is -2.31. The first-order valence-electron chi connectivity index (χ1n) is 10.3. The van der Waals surface area contributed by atoms with Crippen LogP contribution in [0.3, 0.4) is 0 Å². The number of fused-ring (bicyclic) bond motifs is 5. The predicted molar refractivity (Wildman–Crippen MR) is 112 cm³/mol. The maximum absolute atomic E-state index is 14.4. The third-order valence-corrected chi connectivity index (χ3v) is 6.42. The summed E-state index contributed by atoms with van der Waals surface area (Å²) in [5.74, 6) is -1.39. The van der Waals surface area contributed by atoms with Crippen molar-refractivity contribution < 1.29 is 28.9 Å². The minimum atomic E-state index is -1.94. The molecule has 0 amide bonds. The Morgan fingerprint density at radius 3 is 2.72 bits per heavy atom. The third kappa shape index (κ3) is 2.58. The van der Waals surface area contributed by atoms with Crippen molar-refractivity contribution in [2.24, 2.45) is 0 Å². The van der Waals surface area contributed by atoms with Crippen LogP contribution in [-0.2, 0) is 28.3 Å². The van der Waals surface area contributed by atoms with Gasteiger partial charge < -0.3 is 24.3 Å². The number of methoxy groups -OCH3 is 1. The second-order valence-corrected chi connectivity index (χ2v) is 8.14. The molecule has 2 aromatic heterocycles. The van der Waals surface area contributed by atoms with E-state index < -0.39 is 29.1 Å². The standard InChI is InChI=1S/C23H21FN2O6/c1-4-23(30)14-6-17-20-12(8-26(17)21(28)13(14)9-32-22(23)29)19(10(2)27)11-5-18(31-3)15(24)7-16(11)25-20/h5-7,10,27,30H,4,8-9H2,1-3H3/t10-,23+/m1/s1. The van der Waals surface area contributed by atoms with Gasteiger partial charge in [0.2, 0.25) is 0 Å². The van der Waals surface area contributed by atoms with Gasteiger partial charge in [-0.2, -0.15) is 0 Å². The number of carbonyl (C=O) groups is 1. The minimum absolute atomic E-state index is 0.0213. The summed E-state index contributed by atoms with van der Waals surface area (Å²) in [5, 5.41) is 22.1. The van der Waals surface area contributed by atoms with E-state index in [1.165, 1.54) is 23.8 Å². The van der Waals surface area contributed by atoms with Crippen LogP contribution in [0.5, 0.6) is 5.75 Å². The summed E-state index contributed by atoms with van der Waals surface area (Å²) in [6, 6.07) is 4.29. The normalized spacial score (nSPS) is 19.9. The first-order chi connectivity index (χ1) is 15.2. The molecule has 5 rings (SSSR count). The van der Waals surface area contributed by atoms with Gasteiger partial charge in [-0.15, -0.1) is 0 Å². The molecular formula is C23H21FN2O6. The number of rotatable bonds is 3. The quantitative estimate of drug-likeness (QED) is 0.470. The van der Waals surface area contributed by atoms with Gasteiger partial charge in [0.15, 0.2) is 17.2 Å². The average Bonchev–Trinajstić information content (AvgIpc) is 3.12. The molecule has 4 heterocycles. The maximum atomic E-state index is 14.4. The van der Waals surface area contributed by atoms with Crippen molar-refractivity contribution in [1.82, 2.24) is 9.55 Å². The van der Waals surface area contributed by atoms with Crippen molar-refractivity contribution in [2.45, 2.75) is 45.1 Å². The smallest absolute Gasteiger partial charge is 0.343 e. The first-order valence-corrected chi connectivity index (χ1v) is 10.3. The minimum Gasteiger partial charge on any atom is -0.494 e. The largest absolute Gasteiger partial charge is 0.494 e. The number of carbonyl (C=O) groups excluding carboxylic acids is 1. The zero-order chi connectivity index (χ0) is 22.9. The van der Waals surface area contributed by atoms with Gasteiger partial charge in [-0.1, -0.05) is 6.92 Å². The van der Waals surface area contributed by atoms with Crippen LogP contribution >= 0.6 is 0 Å². The zero-order valence-electron chi connectivity index (χ0n) is 17.7. The lowest BCUT2D eigenvalue weighted by Crippen LogP contribution is -2.44. The molecule has 9 heteroatoms. The van der Waals surface area contributed by atoms with Crippen LogP contribution in [0.15, 0.2) is 23.0 Å². The lowest BCUT2D eigenvalue weighted by molar-refractivity contribution is -0.172. The molecule has 32 heavy (non-hydrogen) atoms. The summed E-state index contributed by atoms with van der Waals surface area (Å²) in [4.78, 5) is 30.2. The van der Waals surface area contributed by atoms with Gasteiger partial charge in [-0.3, -0.25) is 4.79 Å². The molecule has 0 saturated carbocycles. The first kappa shape index (κ1) is 20.6. The van der Waals surface area contributed by atoms with Crippen LogP contribution in [0, 0.1) is 5.82 Å². The Hall–Kier alpha value is -3.30. The molecule has 0 unspecified atom stereocenters. The second kappa shape index (κ2) is 6.85. The zero-order valence-corrected chi connectivity index (χ0v) is 17.7. The number of esters is 1. The molecule has 2 atom stereocenters. The summed E-state index contributed by atoms with van der Waals surface area (Å²) in [7, 11) is 1.35. The number of cyclic esters (lactones) is 1.